The molecule has 2 heterocycles. The van der Waals surface area contributed by atoms with Crippen LogP contribution in [-0.4, -0.2) is 37.6 Å². The highest BCUT2D eigenvalue weighted by atomic mass is 16.1. The highest BCUT2D eigenvalue weighted by molar-refractivity contribution is 5.92. The molecule has 1 unspecified atom stereocenters. The van der Waals surface area contributed by atoms with Gasteiger partial charge in [0, 0.05) is 32.0 Å². The fourth-order valence-corrected chi connectivity index (χ4v) is 2.38. The lowest BCUT2D eigenvalue weighted by Crippen LogP contribution is -2.42. The average molecular weight is 262 g/mol. The van der Waals surface area contributed by atoms with Crippen molar-refractivity contribution in [3.05, 3.63) is 24.0 Å². The predicted octanol–water partition coefficient (Wildman–Crippen LogP) is 1.24. The lowest BCUT2D eigenvalue weighted by molar-refractivity contribution is 0.0958. The molecule has 0 bridgehead atoms. The maximum atomic E-state index is 11.5. The summed E-state index contributed by atoms with van der Waals surface area (Å²) in [6, 6.07) is 3.69. The molecule has 1 amide bonds. The van der Waals surface area contributed by atoms with Gasteiger partial charge in [-0.25, -0.2) is 0 Å². The van der Waals surface area contributed by atoms with Gasteiger partial charge in [-0.05, 0) is 36.9 Å². The Morgan fingerprint density at radius 2 is 2.42 bits per heavy atom. The van der Waals surface area contributed by atoms with Crippen LogP contribution in [0.4, 0.5) is 5.69 Å². The highest BCUT2D eigenvalue weighted by Crippen LogP contribution is 2.25. The highest BCUT2D eigenvalue weighted by Gasteiger charge is 2.26. The van der Waals surface area contributed by atoms with E-state index in [1.165, 1.54) is 12.8 Å². The van der Waals surface area contributed by atoms with Crippen LogP contribution < -0.4 is 16.0 Å². The molecule has 5 nitrogen and oxygen atoms in total. The van der Waals surface area contributed by atoms with Gasteiger partial charge >= 0.3 is 0 Å². The summed E-state index contributed by atoms with van der Waals surface area (Å²) in [5.74, 6) is -0.158. The number of carbonyl (C=O) groups is 1. The number of rotatable bonds is 4. The van der Waals surface area contributed by atoms with Gasteiger partial charge in [-0.2, -0.15) is 0 Å². The molecule has 1 aliphatic rings. The van der Waals surface area contributed by atoms with E-state index in [1.807, 2.05) is 6.07 Å². The van der Waals surface area contributed by atoms with Crippen molar-refractivity contribution in [2.75, 3.05) is 32.0 Å². The molecule has 1 aromatic rings. The van der Waals surface area contributed by atoms with Crippen molar-refractivity contribution >= 4 is 11.6 Å². The van der Waals surface area contributed by atoms with Crippen LogP contribution in [0.25, 0.3) is 0 Å². The van der Waals surface area contributed by atoms with Gasteiger partial charge in [0.2, 0.25) is 0 Å². The molecule has 19 heavy (non-hydrogen) atoms. The van der Waals surface area contributed by atoms with E-state index in [4.69, 9.17) is 0 Å². The lowest BCUT2D eigenvalue weighted by atomic mass is 9.83. The van der Waals surface area contributed by atoms with Crippen LogP contribution in [0.2, 0.25) is 0 Å². The van der Waals surface area contributed by atoms with Crippen LogP contribution >= 0.6 is 0 Å². The maximum absolute atomic E-state index is 11.5. The summed E-state index contributed by atoms with van der Waals surface area (Å²) < 4.78 is 0. The molecule has 1 fully saturated rings. The van der Waals surface area contributed by atoms with Crippen LogP contribution in [-0.2, 0) is 0 Å². The Labute approximate surface area is 114 Å². The topological polar surface area (TPSA) is 66.1 Å². The van der Waals surface area contributed by atoms with Gasteiger partial charge in [0.05, 0.1) is 0 Å². The van der Waals surface area contributed by atoms with Crippen molar-refractivity contribution in [1.82, 2.24) is 15.6 Å². The third kappa shape index (κ3) is 3.67. The van der Waals surface area contributed by atoms with Crippen molar-refractivity contribution in [2.24, 2.45) is 5.41 Å². The number of anilines is 1. The first-order valence-corrected chi connectivity index (χ1v) is 6.76. The lowest BCUT2D eigenvalue weighted by Gasteiger charge is -2.34. The predicted molar refractivity (Wildman–Crippen MR) is 76.3 cm³/mol. The second-order valence-electron chi connectivity index (χ2n) is 5.45. The zero-order valence-electron chi connectivity index (χ0n) is 11.6. The Balaban J connectivity index is 1.97. The Bertz CT molecular complexity index is 441. The average Bonchev–Trinajstić information content (AvgIpc) is 2.45. The third-order valence-electron chi connectivity index (χ3n) is 3.62. The fraction of sp³-hybridized carbons (Fsp3) is 0.571. The first kappa shape index (κ1) is 13.8. The summed E-state index contributed by atoms with van der Waals surface area (Å²) >= 11 is 0. The number of piperidine rings is 1. The van der Waals surface area contributed by atoms with E-state index in [1.54, 1.807) is 19.3 Å². The van der Waals surface area contributed by atoms with Gasteiger partial charge in [-0.1, -0.05) is 6.92 Å². The third-order valence-corrected chi connectivity index (χ3v) is 3.62. The number of aromatic nitrogens is 1. The Hall–Kier alpha value is -1.62. The normalized spacial score (nSPS) is 22.8. The van der Waals surface area contributed by atoms with Gasteiger partial charge in [-0.15, -0.1) is 0 Å². The molecule has 0 aromatic carbocycles. The summed E-state index contributed by atoms with van der Waals surface area (Å²) in [5, 5.41) is 9.43. The van der Waals surface area contributed by atoms with Crippen LogP contribution in [0.1, 0.15) is 30.3 Å². The van der Waals surface area contributed by atoms with E-state index >= 15 is 0 Å². The van der Waals surface area contributed by atoms with Crippen molar-refractivity contribution in [3.63, 3.8) is 0 Å². The quantitative estimate of drug-likeness (QED) is 0.764. The molecule has 1 aliphatic heterocycles. The largest absolute Gasteiger partial charge is 0.384 e. The number of amides is 1. The summed E-state index contributed by atoms with van der Waals surface area (Å²) in [6.45, 7) is 5.34. The number of carbonyl (C=O) groups excluding carboxylic acids is 1. The molecule has 0 aliphatic carbocycles. The second kappa shape index (κ2) is 6.02. The van der Waals surface area contributed by atoms with E-state index in [2.05, 4.69) is 27.9 Å². The minimum atomic E-state index is -0.158. The Kier molecular flexibility index (Phi) is 4.37. The molecule has 0 spiro atoms. The zero-order chi connectivity index (χ0) is 13.7. The van der Waals surface area contributed by atoms with E-state index in [9.17, 15) is 4.79 Å². The van der Waals surface area contributed by atoms with Crippen molar-refractivity contribution in [2.45, 2.75) is 19.8 Å². The summed E-state index contributed by atoms with van der Waals surface area (Å²) in [5.41, 5.74) is 1.66. The number of pyridine rings is 1. The minimum Gasteiger partial charge on any atom is -0.384 e. The van der Waals surface area contributed by atoms with Gasteiger partial charge in [0.1, 0.15) is 5.69 Å². The van der Waals surface area contributed by atoms with E-state index in [0.717, 1.165) is 25.3 Å². The van der Waals surface area contributed by atoms with Gasteiger partial charge in [0.15, 0.2) is 0 Å². The van der Waals surface area contributed by atoms with Crippen LogP contribution in [0.15, 0.2) is 18.3 Å². The molecule has 1 aromatic heterocycles. The Morgan fingerprint density at radius 1 is 1.58 bits per heavy atom. The number of nitrogens with one attached hydrogen (secondary N) is 3. The van der Waals surface area contributed by atoms with Crippen molar-refractivity contribution < 1.29 is 4.79 Å². The monoisotopic (exact) mass is 262 g/mol. The summed E-state index contributed by atoms with van der Waals surface area (Å²) in [4.78, 5) is 15.6. The van der Waals surface area contributed by atoms with Crippen LogP contribution in [0.3, 0.4) is 0 Å². The maximum Gasteiger partial charge on any atom is 0.269 e. The molecule has 3 N–H and O–H groups in total. The molecule has 104 valence electrons. The molecule has 2 rings (SSSR count). The van der Waals surface area contributed by atoms with Crippen molar-refractivity contribution in [3.8, 4) is 0 Å². The smallest absolute Gasteiger partial charge is 0.269 e. The van der Waals surface area contributed by atoms with E-state index in [-0.39, 0.29) is 11.3 Å². The fourth-order valence-electron chi connectivity index (χ4n) is 2.38. The van der Waals surface area contributed by atoms with Gasteiger partial charge in [0.25, 0.3) is 5.91 Å². The molecular weight excluding hydrogens is 240 g/mol. The minimum absolute atomic E-state index is 0.158. The summed E-state index contributed by atoms with van der Waals surface area (Å²) in [6.07, 6.45) is 4.10. The number of hydrogen-bond acceptors (Lipinski definition) is 4. The zero-order valence-corrected chi connectivity index (χ0v) is 11.6. The molecule has 1 atom stereocenters. The molecule has 5 heteroatoms. The summed E-state index contributed by atoms with van der Waals surface area (Å²) in [7, 11) is 1.61. The SMILES string of the molecule is CNC(=O)c1cc(NCC2(C)CCCNC2)ccn1. The first-order valence-electron chi connectivity index (χ1n) is 6.76. The van der Waals surface area contributed by atoms with Crippen molar-refractivity contribution in [1.29, 1.82) is 0 Å². The molecule has 1 saturated heterocycles. The molecular formula is C14H22N4O. The molecule has 0 radical (unpaired) electrons. The number of hydrogen-bond donors (Lipinski definition) is 3. The van der Waals surface area contributed by atoms with Crippen LogP contribution in [0, 0.1) is 5.41 Å². The van der Waals surface area contributed by atoms with E-state index in [0.29, 0.717) is 5.69 Å². The second-order valence-corrected chi connectivity index (χ2v) is 5.45. The standard InChI is InChI=1S/C14H22N4O/c1-14(5-3-6-16-9-14)10-18-11-4-7-17-12(8-11)13(19)15-2/h4,7-8,16H,3,5-6,9-10H2,1-2H3,(H,15,19)(H,17,18). The van der Waals surface area contributed by atoms with Gasteiger partial charge < -0.3 is 16.0 Å². The van der Waals surface area contributed by atoms with Crippen LogP contribution in [0.5, 0.6) is 0 Å². The Morgan fingerprint density at radius 3 is 3.11 bits per heavy atom. The molecule has 0 saturated carbocycles. The van der Waals surface area contributed by atoms with E-state index < -0.39 is 0 Å². The van der Waals surface area contributed by atoms with Gasteiger partial charge in [-0.3, -0.25) is 9.78 Å². The first-order chi connectivity index (χ1) is 9.13. The number of nitrogens with zero attached hydrogens (tertiary/aromatic N) is 1.